The number of unbranched alkanes of at least 4 members (excludes halogenated alkanes) is 1. The number of methoxy groups -OCH3 is 1. The molecule has 0 unspecified atom stereocenters. The van der Waals surface area contributed by atoms with Gasteiger partial charge in [-0.05, 0) is 84.2 Å². The number of phenols is 1. The summed E-state index contributed by atoms with van der Waals surface area (Å²) in [5.74, 6) is 0.946. The fraction of sp³-hybridized carbons (Fsp3) is 0.395. The number of aromatic hydroxyl groups is 1. The number of azo groups is 1. The van der Waals surface area contributed by atoms with Crippen LogP contribution in [-0.4, -0.2) is 24.7 Å². The predicted octanol–water partition coefficient (Wildman–Crippen LogP) is 9.85. The van der Waals surface area contributed by atoms with Crippen LogP contribution in [0.1, 0.15) is 94.3 Å². The SMILES string of the molecule is CCC(C)(C)c1ccc(OCCCCc2c(O)c(N=Nc3ccc(OC)cc3)c3ccccc3c2C(N)=O)c(C(C)(C)CC)c1. The van der Waals surface area contributed by atoms with Crippen LogP contribution in [-0.2, 0) is 17.3 Å². The first-order chi connectivity index (χ1) is 21.4. The number of ether oxygens (including phenoxy) is 2. The molecule has 0 heterocycles. The van der Waals surface area contributed by atoms with Crippen molar-refractivity contribution in [1.29, 1.82) is 0 Å². The standard InChI is InChI=1S/C38H47N3O4/c1-8-37(3,4)25-17-22-32(31(24-25)38(5,6)9-2)45-23-13-12-16-30-33(36(39)43)28-14-10-11-15-29(28)34(35(30)42)41-40-26-18-20-27(44-7)21-19-26/h10-11,14-15,17-22,24,42H,8-9,12-13,16,23H2,1-7H3,(H2,39,43). The van der Waals surface area contributed by atoms with E-state index in [0.29, 0.717) is 58.5 Å². The topological polar surface area (TPSA) is 106 Å². The zero-order valence-corrected chi connectivity index (χ0v) is 27.7. The number of nitrogens with zero attached hydrogens (tertiary/aromatic N) is 2. The summed E-state index contributed by atoms with van der Waals surface area (Å²) < 4.78 is 11.6. The van der Waals surface area contributed by atoms with Gasteiger partial charge in [-0.3, -0.25) is 4.79 Å². The third-order valence-corrected chi connectivity index (χ3v) is 9.18. The first-order valence-corrected chi connectivity index (χ1v) is 15.8. The lowest BCUT2D eigenvalue weighted by molar-refractivity contribution is 0.100. The smallest absolute Gasteiger partial charge is 0.249 e. The van der Waals surface area contributed by atoms with Crippen molar-refractivity contribution in [2.24, 2.45) is 16.0 Å². The Bertz CT molecular complexity index is 1670. The minimum atomic E-state index is -0.590. The molecule has 0 aromatic heterocycles. The van der Waals surface area contributed by atoms with Crippen molar-refractivity contribution < 1.29 is 19.4 Å². The van der Waals surface area contributed by atoms with E-state index in [1.807, 2.05) is 24.3 Å². The number of phenolic OH excluding ortho intramolecular Hbond substituents is 1. The third kappa shape index (κ3) is 7.47. The molecule has 0 fully saturated rings. The second-order valence-electron chi connectivity index (χ2n) is 12.9. The number of fused-ring (bicyclic) bond motifs is 1. The van der Waals surface area contributed by atoms with E-state index in [4.69, 9.17) is 15.2 Å². The van der Waals surface area contributed by atoms with Gasteiger partial charge in [-0.15, -0.1) is 5.11 Å². The fourth-order valence-corrected chi connectivity index (χ4v) is 5.43. The maximum atomic E-state index is 12.7. The van der Waals surface area contributed by atoms with Gasteiger partial charge in [-0.2, -0.15) is 5.11 Å². The highest BCUT2D eigenvalue weighted by Crippen LogP contribution is 2.43. The Labute approximate surface area is 267 Å². The summed E-state index contributed by atoms with van der Waals surface area (Å²) in [6.07, 6.45) is 3.88. The maximum Gasteiger partial charge on any atom is 0.249 e. The van der Waals surface area contributed by atoms with E-state index in [2.05, 4.69) is 70.0 Å². The molecule has 4 aromatic carbocycles. The van der Waals surface area contributed by atoms with Crippen LogP contribution in [0.2, 0.25) is 0 Å². The summed E-state index contributed by atoms with van der Waals surface area (Å²) in [6, 6.07) is 21.1. The molecule has 0 radical (unpaired) electrons. The van der Waals surface area contributed by atoms with Gasteiger partial charge in [0.15, 0.2) is 0 Å². The van der Waals surface area contributed by atoms with Crippen LogP contribution >= 0.6 is 0 Å². The summed E-state index contributed by atoms with van der Waals surface area (Å²) in [5.41, 5.74) is 10.2. The van der Waals surface area contributed by atoms with Gasteiger partial charge in [-0.25, -0.2) is 0 Å². The van der Waals surface area contributed by atoms with Gasteiger partial charge in [0.25, 0.3) is 0 Å². The number of carbonyl (C=O) groups excluding carboxylic acids is 1. The lowest BCUT2D eigenvalue weighted by Gasteiger charge is -2.30. The number of rotatable bonds is 14. The molecule has 4 rings (SSSR count). The van der Waals surface area contributed by atoms with E-state index in [1.165, 1.54) is 11.1 Å². The van der Waals surface area contributed by atoms with Crippen molar-refractivity contribution in [3.05, 3.63) is 89.0 Å². The Balaban J connectivity index is 1.57. The van der Waals surface area contributed by atoms with Gasteiger partial charge >= 0.3 is 0 Å². The predicted molar refractivity (Wildman–Crippen MR) is 183 cm³/mol. The van der Waals surface area contributed by atoms with Crippen molar-refractivity contribution in [3.8, 4) is 17.2 Å². The highest BCUT2D eigenvalue weighted by Gasteiger charge is 2.27. The normalized spacial score (nSPS) is 12.2. The van der Waals surface area contributed by atoms with Crippen molar-refractivity contribution in [2.45, 2.75) is 84.5 Å². The van der Waals surface area contributed by atoms with Crippen LogP contribution in [0.15, 0.2) is 77.0 Å². The van der Waals surface area contributed by atoms with Crippen LogP contribution in [0, 0.1) is 0 Å². The maximum absolute atomic E-state index is 12.7. The Morgan fingerprint density at radius 3 is 2.16 bits per heavy atom. The Hall–Kier alpha value is -4.39. The van der Waals surface area contributed by atoms with Gasteiger partial charge in [0, 0.05) is 16.5 Å². The molecule has 0 aliphatic heterocycles. The summed E-state index contributed by atoms with van der Waals surface area (Å²) in [7, 11) is 1.60. The number of hydrogen-bond donors (Lipinski definition) is 2. The molecule has 0 spiro atoms. The summed E-state index contributed by atoms with van der Waals surface area (Å²) in [6.45, 7) is 14.0. The fourth-order valence-electron chi connectivity index (χ4n) is 5.43. The minimum Gasteiger partial charge on any atom is -0.505 e. The molecule has 3 N–H and O–H groups in total. The lowest BCUT2D eigenvalue weighted by Crippen LogP contribution is -2.21. The summed E-state index contributed by atoms with van der Waals surface area (Å²) in [5, 5.41) is 21.5. The van der Waals surface area contributed by atoms with Crippen molar-refractivity contribution in [1.82, 2.24) is 0 Å². The molecule has 0 bridgehead atoms. The molecule has 238 valence electrons. The van der Waals surface area contributed by atoms with Crippen molar-refractivity contribution in [2.75, 3.05) is 13.7 Å². The Morgan fingerprint density at radius 2 is 1.53 bits per heavy atom. The molecular weight excluding hydrogens is 562 g/mol. The first kappa shape index (κ1) is 33.5. The van der Waals surface area contributed by atoms with E-state index >= 15 is 0 Å². The molecule has 7 heteroatoms. The summed E-state index contributed by atoms with van der Waals surface area (Å²) in [4.78, 5) is 12.7. The van der Waals surface area contributed by atoms with Gasteiger partial charge in [-0.1, -0.05) is 77.9 Å². The number of benzene rings is 4. The number of primary amides is 1. The molecule has 4 aromatic rings. The zero-order chi connectivity index (χ0) is 32.8. The van der Waals surface area contributed by atoms with Gasteiger partial charge < -0.3 is 20.3 Å². The molecule has 45 heavy (non-hydrogen) atoms. The van der Waals surface area contributed by atoms with E-state index < -0.39 is 5.91 Å². The Morgan fingerprint density at radius 1 is 0.867 bits per heavy atom. The largest absolute Gasteiger partial charge is 0.505 e. The van der Waals surface area contributed by atoms with Crippen LogP contribution < -0.4 is 15.2 Å². The summed E-state index contributed by atoms with van der Waals surface area (Å²) >= 11 is 0. The second-order valence-corrected chi connectivity index (χ2v) is 12.9. The first-order valence-electron chi connectivity index (χ1n) is 15.8. The van der Waals surface area contributed by atoms with Crippen LogP contribution in [0.3, 0.4) is 0 Å². The molecule has 0 saturated heterocycles. The highest BCUT2D eigenvalue weighted by atomic mass is 16.5. The minimum absolute atomic E-state index is 0.0286. The number of carbonyl (C=O) groups is 1. The molecule has 1 amide bonds. The Kier molecular flexibility index (Phi) is 10.5. The number of amides is 1. The monoisotopic (exact) mass is 609 g/mol. The lowest BCUT2D eigenvalue weighted by atomic mass is 9.76. The number of nitrogens with two attached hydrogens (primary N) is 1. The molecule has 7 nitrogen and oxygen atoms in total. The van der Waals surface area contributed by atoms with Gasteiger partial charge in [0.05, 0.1) is 25.0 Å². The van der Waals surface area contributed by atoms with Crippen LogP contribution in [0.5, 0.6) is 17.2 Å². The van der Waals surface area contributed by atoms with Gasteiger partial charge in [0.2, 0.25) is 5.91 Å². The number of hydrogen-bond acceptors (Lipinski definition) is 6. The van der Waals surface area contributed by atoms with Crippen molar-refractivity contribution >= 4 is 28.1 Å². The van der Waals surface area contributed by atoms with E-state index in [1.54, 1.807) is 31.4 Å². The van der Waals surface area contributed by atoms with E-state index in [-0.39, 0.29) is 16.6 Å². The quantitative estimate of drug-likeness (QED) is 0.110. The third-order valence-electron chi connectivity index (χ3n) is 9.18. The molecular formula is C38H47N3O4. The zero-order valence-electron chi connectivity index (χ0n) is 27.7. The van der Waals surface area contributed by atoms with Crippen LogP contribution in [0.4, 0.5) is 11.4 Å². The van der Waals surface area contributed by atoms with Gasteiger partial charge in [0.1, 0.15) is 22.9 Å². The average Bonchev–Trinajstić information content (AvgIpc) is 3.04. The van der Waals surface area contributed by atoms with Crippen LogP contribution in [0.25, 0.3) is 10.8 Å². The average molecular weight is 610 g/mol. The molecule has 0 aliphatic carbocycles. The van der Waals surface area contributed by atoms with E-state index in [9.17, 15) is 9.90 Å². The second kappa shape index (κ2) is 14.1. The molecule has 0 atom stereocenters. The highest BCUT2D eigenvalue weighted by molar-refractivity contribution is 6.12. The van der Waals surface area contributed by atoms with E-state index in [0.717, 1.165) is 25.0 Å². The van der Waals surface area contributed by atoms with Crippen molar-refractivity contribution in [3.63, 3.8) is 0 Å². The molecule has 0 saturated carbocycles. The molecule has 0 aliphatic rings.